The van der Waals surface area contributed by atoms with Crippen LogP contribution in [0.1, 0.15) is 13.8 Å². The van der Waals surface area contributed by atoms with Crippen LogP contribution in [0.5, 0.6) is 0 Å². The van der Waals surface area contributed by atoms with Gasteiger partial charge in [-0.2, -0.15) is 0 Å². The van der Waals surface area contributed by atoms with Crippen molar-refractivity contribution < 1.29 is 14.3 Å². The number of nitrogens with one attached hydrogen (secondary N) is 1. The Bertz CT molecular complexity index is 451. The average molecular weight is 329 g/mol. The van der Waals surface area contributed by atoms with E-state index >= 15 is 0 Å². The highest BCUT2D eigenvalue weighted by molar-refractivity contribution is 9.10. The van der Waals surface area contributed by atoms with Crippen LogP contribution in [0.4, 0.5) is 10.5 Å². The Morgan fingerprint density at radius 1 is 1.42 bits per heavy atom. The smallest absolute Gasteiger partial charge is 0.407 e. The fraction of sp³-hybridized carbons (Fsp3) is 0.385. The summed E-state index contributed by atoms with van der Waals surface area (Å²) in [5.41, 5.74) is 0.785. The molecule has 0 aromatic heterocycles. The van der Waals surface area contributed by atoms with Crippen molar-refractivity contribution in [2.45, 2.75) is 13.8 Å². The molecule has 0 unspecified atom stereocenters. The summed E-state index contributed by atoms with van der Waals surface area (Å²) in [6, 6.07) is 7.44. The average Bonchev–Trinajstić information content (AvgIpc) is 2.34. The van der Waals surface area contributed by atoms with E-state index in [0.29, 0.717) is 19.7 Å². The van der Waals surface area contributed by atoms with E-state index in [4.69, 9.17) is 4.74 Å². The molecule has 1 N–H and O–H groups in total. The summed E-state index contributed by atoms with van der Waals surface area (Å²) in [5.74, 6) is -0.0799. The molecule has 0 radical (unpaired) electrons. The highest BCUT2D eigenvalue weighted by atomic mass is 79.9. The molecular weight excluding hydrogens is 312 g/mol. The van der Waals surface area contributed by atoms with E-state index in [1.807, 2.05) is 24.3 Å². The standard InChI is InChI=1S/C13H17BrN2O3/c1-3-19-13(18)15-7-8-16(10(2)17)12-6-4-5-11(14)9-12/h4-6,9H,3,7-8H2,1-2H3,(H,15,18). The number of rotatable bonds is 5. The van der Waals surface area contributed by atoms with Crippen molar-refractivity contribution in [2.75, 3.05) is 24.6 Å². The third-order valence-corrected chi connectivity index (χ3v) is 2.87. The number of carbonyl (C=O) groups excluding carboxylic acids is 2. The first-order chi connectivity index (χ1) is 9.04. The lowest BCUT2D eigenvalue weighted by atomic mass is 10.3. The summed E-state index contributed by atoms with van der Waals surface area (Å²) in [5, 5.41) is 2.59. The van der Waals surface area contributed by atoms with Gasteiger partial charge in [-0.05, 0) is 25.1 Å². The van der Waals surface area contributed by atoms with Crippen molar-refractivity contribution in [3.8, 4) is 0 Å². The van der Waals surface area contributed by atoms with Crippen molar-refractivity contribution in [1.82, 2.24) is 5.32 Å². The summed E-state index contributed by atoms with van der Waals surface area (Å²) in [6.45, 7) is 4.29. The molecule has 0 aliphatic rings. The molecule has 5 nitrogen and oxygen atoms in total. The number of nitrogens with zero attached hydrogens (tertiary/aromatic N) is 1. The monoisotopic (exact) mass is 328 g/mol. The summed E-state index contributed by atoms with van der Waals surface area (Å²) >= 11 is 3.36. The molecule has 6 heteroatoms. The van der Waals surface area contributed by atoms with Gasteiger partial charge in [0.15, 0.2) is 0 Å². The van der Waals surface area contributed by atoms with E-state index in [1.54, 1.807) is 11.8 Å². The van der Waals surface area contributed by atoms with E-state index in [2.05, 4.69) is 21.2 Å². The molecular formula is C13H17BrN2O3. The number of anilines is 1. The normalized spacial score (nSPS) is 9.84. The second kappa shape index (κ2) is 7.78. The minimum atomic E-state index is -0.472. The molecule has 0 saturated heterocycles. The molecule has 0 aliphatic heterocycles. The quantitative estimate of drug-likeness (QED) is 0.903. The number of hydrogen-bond acceptors (Lipinski definition) is 3. The maximum Gasteiger partial charge on any atom is 0.407 e. The Kier molecular flexibility index (Phi) is 6.35. The van der Waals surface area contributed by atoms with Gasteiger partial charge in [-0.15, -0.1) is 0 Å². The molecule has 1 aromatic rings. The minimum Gasteiger partial charge on any atom is -0.450 e. The second-order valence-electron chi connectivity index (χ2n) is 3.80. The van der Waals surface area contributed by atoms with Gasteiger partial charge < -0.3 is 15.0 Å². The molecule has 104 valence electrons. The number of carbonyl (C=O) groups is 2. The topological polar surface area (TPSA) is 58.6 Å². The highest BCUT2D eigenvalue weighted by Gasteiger charge is 2.12. The Balaban J connectivity index is 2.59. The van der Waals surface area contributed by atoms with Gasteiger partial charge in [-0.25, -0.2) is 4.79 Å². The SMILES string of the molecule is CCOC(=O)NCCN(C(C)=O)c1cccc(Br)c1. The van der Waals surface area contributed by atoms with Gasteiger partial charge in [0.05, 0.1) is 6.61 Å². The fourth-order valence-electron chi connectivity index (χ4n) is 1.56. The van der Waals surface area contributed by atoms with Crippen LogP contribution in [-0.4, -0.2) is 31.7 Å². The van der Waals surface area contributed by atoms with E-state index in [9.17, 15) is 9.59 Å². The largest absolute Gasteiger partial charge is 0.450 e. The van der Waals surface area contributed by atoms with Gasteiger partial charge in [0.1, 0.15) is 0 Å². The number of ether oxygens (including phenoxy) is 1. The molecule has 0 bridgehead atoms. The zero-order valence-corrected chi connectivity index (χ0v) is 12.6. The van der Waals surface area contributed by atoms with Crippen LogP contribution >= 0.6 is 15.9 Å². The maximum atomic E-state index is 11.6. The fourth-order valence-corrected chi connectivity index (χ4v) is 1.95. The van der Waals surface area contributed by atoms with Crippen molar-refractivity contribution in [3.05, 3.63) is 28.7 Å². The molecule has 0 saturated carbocycles. The predicted octanol–water partition coefficient (Wildman–Crippen LogP) is 2.55. The molecule has 0 heterocycles. The van der Waals surface area contributed by atoms with Gasteiger partial charge in [0, 0.05) is 30.2 Å². The molecule has 2 amide bonds. The van der Waals surface area contributed by atoms with Crippen LogP contribution in [0, 0.1) is 0 Å². The number of halogens is 1. The van der Waals surface area contributed by atoms with Crippen molar-refractivity contribution in [2.24, 2.45) is 0 Å². The molecule has 0 aliphatic carbocycles. The lowest BCUT2D eigenvalue weighted by Gasteiger charge is -2.21. The van der Waals surface area contributed by atoms with Gasteiger partial charge in [-0.1, -0.05) is 22.0 Å². The first-order valence-corrected chi connectivity index (χ1v) is 6.78. The first-order valence-electron chi connectivity index (χ1n) is 5.99. The molecule has 0 fully saturated rings. The van der Waals surface area contributed by atoms with Gasteiger partial charge >= 0.3 is 6.09 Å². The maximum absolute atomic E-state index is 11.6. The van der Waals surface area contributed by atoms with Crippen molar-refractivity contribution >= 4 is 33.6 Å². The van der Waals surface area contributed by atoms with Crippen LogP contribution in [0.3, 0.4) is 0 Å². The third kappa shape index (κ3) is 5.30. The lowest BCUT2D eigenvalue weighted by Crippen LogP contribution is -2.37. The first kappa shape index (κ1) is 15.5. The van der Waals surface area contributed by atoms with Crippen LogP contribution < -0.4 is 10.2 Å². The van der Waals surface area contributed by atoms with E-state index in [0.717, 1.165) is 10.2 Å². The number of amides is 2. The second-order valence-corrected chi connectivity index (χ2v) is 4.71. The molecule has 0 atom stereocenters. The zero-order chi connectivity index (χ0) is 14.3. The predicted molar refractivity (Wildman–Crippen MR) is 77.2 cm³/mol. The van der Waals surface area contributed by atoms with Crippen LogP contribution in [-0.2, 0) is 9.53 Å². The van der Waals surface area contributed by atoms with Crippen molar-refractivity contribution in [1.29, 1.82) is 0 Å². The summed E-state index contributed by atoms with van der Waals surface area (Å²) < 4.78 is 5.65. The Morgan fingerprint density at radius 3 is 2.74 bits per heavy atom. The van der Waals surface area contributed by atoms with E-state index in [1.165, 1.54) is 6.92 Å². The minimum absolute atomic E-state index is 0.0799. The summed E-state index contributed by atoms with van der Waals surface area (Å²) in [7, 11) is 0. The van der Waals surface area contributed by atoms with Crippen LogP contribution in [0.2, 0.25) is 0 Å². The van der Waals surface area contributed by atoms with Gasteiger partial charge in [0.25, 0.3) is 0 Å². The van der Waals surface area contributed by atoms with E-state index in [-0.39, 0.29) is 5.91 Å². The Morgan fingerprint density at radius 2 is 2.16 bits per heavy atom. The van der Waals surface area contributed by atoms with E-state index < -0.39 is 6.09 Å². The number of hydrogen-bond donors (Lipinski definition) is 1. The van der Waals surface area contributed by atoms with Gasteiger partial charge in [0.2, 0.25) is 5.91 Å². The third-order valence-electron chi connectivity index (χ3n) is 2.38. The zero-order valence-electron chi connectivity index (χ0n) is 11.0. The summed E-state index contributed by atoms with van der Waals surface area (Å²) in [6.07, 6.45) is -0.472. The molecule has 0 spiro atoms. The molecule has 19 heavy (non-hydrogen) atoms. The number of benzene rings is 1. The van der Waals surface area contributed by atoms with Crippen LogP contribution in [0.25, 0.3) is 0 Å². The summed E-state index contributed by atoms with van der Waals surface area (Å²) in [4.78, 5) is 24.4. The van der Waals surface area contributed by atoms with Crippen LogP contribution in [0.15, 0.2) is 28.7 Å². The highest BCUT2D eigenvalue weighted by Crippen LogP contribution is 2.19. The Labute approximate surface area is 121 Å². The Hall–Kier alpha value is -1.56. The van der Waals surface area contributed by atoms with Crippen molar-refractivity contribution in [3.63, 3.8) is 0 Å². The van der Waals surface area contributed by atoms with Gasteiger partial charge in [-0.3, -0.25) is 4.79 Å². The number of alkyl carbamates (subject to hydrolysis) is 1. The molecule has 1 aromatic carbocycles. The lowest BCUT2D eigenvalue weighted by molar-refractivity contribution is -0.116. The molecule has 1 rings (SSSR count).